The Kier molecular flexibility index (Phi) is 4.19. The van der Waals surface area contributed by atoms with Gasteiger partial charge in [-0.25, -0.2) is 4.39 Å². The zero-order chi connectivity index (χ0) is 9.68. The summed E-state index contributed by atoms with van der Waals surface area (Å²) in [6.45, 7) is 0. The molecule has 0 radical (unpaired) electrons. The molecule has 76 valence electrons. The molecule has 3 heteroatoms. The fourth-order valence-electron chi connectivity index (χ4n) is 1.97. The van der Waals surface area contributed by atoms with Gasteiger partial charge in [-0.05, 0) is 25.2 Å². The molecule has 0 aromatic rings. The molecule has 0 spiro atoms. The molecule has 2 nitrogen and oxygen atoms in total. The zero-order valence-electron chi connectivity index (χ0n) is 7.84. The minimum atomic E-state index is -0.809. The Morgan fingerprint density at radius 2 is 2.00 bits per heavy atom. The first-order valence-electron chi connectivity index (χ1n) is 5.06. The number of aliphatic carboxylic acids is 1. The molecule has 0 aliphatic heterocycles. The maximum atomic E-state index is 13.4. The summed E-state index contributed by atoms with van der Waals surface area (Å²) in [7, 11) is 0. The summed E-state index contributed by atoms with van der Waals surface area (Å²) in [5.41, 5.74) is 0. The van der Waals surface area contributed by atoms with Crippen molar-refractivity contribution < 1.29 is 14.3 Å². The number of carboxylic acids is 1. The van der Waals surface area contributed by atoms with E-state index in [-0.39, 0.29) is 12.3 Å². The lowest BCUT2D eigenvalue weighted by molar-refractivity contribution is -0.137. The lowest BCUT2D eigenvalue weighted by Crippen LogP contribution is -2.15. The maximum absolute atomic E-state index is 13.4. The molecule has 2 atom stereocenters. The molecule has 1 rings (SSSR count). The first kappa shape index (κ1) is 10.5. The van der Waals surface area contributed by atoms with E-state index in [0.717, 1.165) is 25.7 Å². The van der Waals surface area contributed by atoms with Crippen molar-refractivity contribution in [1.29, 1.82) is 0 Å². The molecule has 2 unspecified atom stereocenters. The van der Waals surface area contributed by atoms with Gasteiger partial charge in [0.15, 0.2) is 0 Å². The highest BCUT2D eigenvalue weighted by Gasteiger charge is 2.23. The van der Waals surface area contributed by atoms with Crippen LogP contribution in [0.2, 0.25) is 0 Å². The van der Waals surface area contributed by atoms with Gasteiger partial charge >= 0.3 is 5.97 Å². The lowest BCUT2D eigenvalue weighted by Gasteiger charge is -2.16. The van der Waals surface area contributed by atoms with Crippen LogP contribution < -0.4 is 0 Å². The van der Waals surface area contributed by atoms with Crippen LogP contribution in [0.25, 0.3) is 0 Å². The number of hydrogen-bond acceptors (Lipinski definition) is 1. The van der Waals surface area contributed by atoms with Crippen LogP contribution in [-0.4, -0.2) is 17.2 Å². The van der Waals surface area contributed by atoms with E-state index in [1.807, 2.05) is 0 Å². The Balaban J connectivity index is 2.31. The summed E-state index contributed by atoms with van der Waals surface area (Å²) < 4.78 is 13.4. The number of carboxylic acid groups (broad SMARTS) is 1. The molecule has 1 fully saturated rings. The van der Waals surface area contributed by atoms with Crippen molar-refractivity contribution in [1.82, 2.24) is 0 Å². The average molecular weight is 188 g/mol. The predicted molar refractivity (Wildman–Crippen MR) is 48.3 cm³/mol. The van der Waals surface area contributed by atoms with Gasteiger partial charge in [0.2, 0.25) is 0 Å². The highest BCUT2D eigenvalue weighted by molar-refractivity contribution is 5.66. The first-order chi connectivity index (χ1) is 6.20. The second-order valence-corrected chi connectivity index (χ2v) is 3.85. The smallest absolute Gasteiger partial charge is 0.303 e. The number of rotatable bonds is 3. The summed E-state index contributed by atoms with van der Waals surface area (Å²) >= 11 is 0. The highest BCUT2D eigenvalue weighted by atomic mass is 19.1. The molecule has 0 aromatic carbocycles. The van der Waals surface area contributed by atoms with Crippen molar-refractivity contribution in [3.63, 3.8) is 0 Å². The van der Waals surface area contributed by atoms with Gasteiger partial charge in [0, 0.05) is 6.42 Å². The van der Waals surface area contributed by atoms with E-state index in [2.05, 4.69) is 0 Å². The number of halogens is 1. The van der Waals surface area contributed by atoms with Crippen LogP contribution in [0, 0.1) is 5.92 Å². The summed E-state index contributed by atoms with van der Waals surface area (Å²) in [5, 5.41) is 8.48. The molecule has 0 amide bonds. The fourth-order valence-corrected chi connectivity index (χ4v) is 1.97. The Morgan fingerprint density at radius 1 is 1.31 bits per heavy atom. The van der Waals surface area contributed by atoms with E-state index in [4.69, 9.17) is 5.11 Å². The summed E-state index contributed by atoms with van der Waals surface area (Å²) in [5.74, 6) is -0.810. The first-order valence-corrected chi connectivity index (χ1v) is 5.06. The molecular weight excluding hydrogens is 171 g/mol. The predicted octanol–water partition coefficient (Wildman–Crippen LogP) is 2.77. The van der Waals surface area contributed by atoms with Crippen molar-refractivity contribution in [2.24, 2.45) is 5.92 Å². The average Bonchev–Trinajstić information content (AvgIpc) is 2.27. The zero-order valence-corrected chi connectivity index (χ0v) is 7.84. The number of alkyl halides is 1. The SMILES string of the molecule is O=C(O)CCC1CCCCCC1F. The third kappa shape index (κ3) is 3.75. The topological polar surface area (TPSA) is 37.3 Å². The molecule has 1 N–H and O–H groups in total. The van der Waals surface area contributed by atoms with Gasteiger partial charge < -0.3 is 5.11 Å². The van der Waals surface area contributed by atoms with Crippen LogP contribution in [0.1, 0.15) is 44.9 Å². The van der Waals surface area contributed by atoms with E-state index < -0.39 is 12.1 Å². The van der Waals surface area contributed by atoms with E-state index in [0.29, 0.717) is 12.8 Å². The fraction of sp³-hybridized carbons (Fsp3) is 0.900. The van der Waals surface area contributed by atoms with E-state index >= 15 is 0 Å². The summed E-state index contributed by atoms with van der Waals surface area (Å²) in [4.78, 5) is 10.3. The van der Waals surface area contributed by atoms with Crippen molar-refractivity contribution in [2.45, 2.75) is 51.1 Å². The van der Waals surface area contributed by atoms with Gasteiger partial charge in [-0.15, -0.1) is 0 Å². The van der Waals surface area contributed by atoms with Gasteiger partial charge in [-0.1, -0.05) is 19.3 Å². The van der Waals surface area contributed by atoms with Crippen LogP contribution in [0.15, 0.2) is 0 Å². The monoisotopic (exact) mass is 188 g/mol. The van der Waals surface area contributed by atoms with E-state index in [9.17, 15) is 9.18 Å². The van der Waals surface area contributed by atoms with Crippen LogP contribution in [0.3, 0.4) is 0 Å². The standard InChI is InChI=1S/C10H17FO2/c11-9-5-3-1-2-4-8(9)6-7-10(12)13/h8-9H,1-7H2,(H,12,13). The molecule has 1 saturated carbocycles. The molecule has 0 heterocycles. The van der Waals surface area contributed by atoms with Crippen LogP contribution in [0.5, 0.6) is 0 Å². The molecule has 0 aromatic heterocycles. The second-order valence-electron chi connectivity index (χ2n) is 3.85. The van der Waals surface area contributed by atoms with E-state index in [1.54, 1.807) is 0 Å². The van der Waals surface area contributed by atoms with Gasteiger partial charge in [0.25, 0.3) is 0 Å². The van der Waals surface area contributed by atoms with Crippen LogP contribution in [-0.2, 0) is 4.79 Å². The normalized spacial score (nSPS) is 29.6. The maximum Gasteiger partial charge on any atom is 0.303 e. The van der Waals surface area contributed by atoms with Crippen molar-refractivity contribution in [3.05, 3.63) is 0 Å². The number of carbonyl (C=O) groups is 1. The second kappa shape index (κ2) is 5.20. The largest absolute Gasteiger partial charge is 0.481 e. The quantitative estimate of drug-likeness (QED) is 0.691. The minimum Gasteiger partial charge on any atom is -0.481 e. The third-order valence-electron chi connectivity index (χ3n) is 2.80. The third-order valence-corrected chi connectivity index (χ3v) is 2.80. The van der Waals surface area contributed by atoms with Gasteiger partial charge in [0.1, 0.15) is 6.17 Å². The minimum absolute atomic E-state index is 0.00130. The molecule has 13 heavy (non-hydrogen) atoms. The van der Waals surface area contributed by atoms with Gasteiger partial charge in [-0.2, -0.15) is 0 Å². The van der Waals surface area contributed by atoms with Gasteiger partial charge in [-0.3, -0.25) is 4.79 Å². The molecule has 1 aliphatic carbocycles. The van der Waals surface area contributed by atoms with Crippen molar-refractivity contribution >= 4 is 5.97 Å². The molecule has 0 saturated heterocycles. The van der Waals surface area contributed by atoms with Crippen LogP contribution in [0.4, 0.5) is 4.39 Å². The Morgan fingerprint density at radius 3 is 2.69 bits per heavy atom. The number of hydrogen-bond donors (Lipinski definition) is 1. The van der Waals surface area contributed by atoms with Gasteiger partial charge in [0.05, 0.1) is 0 Å². The van der Waals surface area contributed by atoms with Crippen molar-refractivity contribution in [2.75, 3.05) is 0 Å². The Bertz CT molecular complexity index is 170. The lowest BCUT2D eigenvalue weighted by atomic mass is 9.93. The summed E-state index contributed by atoms with van der Waals surface area (Å²) in [6.07, 6.45) is 4.49. The van der Waals surface area contributed by atoms with Crippen LogP contribution >= 0.6 is 0 Å². The van der Waals surface area contributed by atoms with Crippen molar-refractivity contribution in [3.8, 4) is 0 Å². The molecule has 0 bridgehead atoms. The molecular formula is C10H17FO2. The molecule has 1 aliphatic rings. The Labute approximate surface area is 78.1 Å². The summed E-state index contributed by atoms with van der Waals surface area (Å²) in [6, 6.07) is 0. The Hall–Kier alpha value is -0.600. The highest BCUT2D eigenvalue weighted by Crippen LogP contribution is 2.29. The van der Waals surface area contributed by atoms with E-state index in [1.165, 1.54) is 0 Å².